The zero-order chi connectivity index (χ0) is 11.7. The van der Waals surface area contributed by atoms with Gasteiger partial charge in [-0.15, -0.1) is 0 Å². The molecule has 0 unspecified atom stereocenters. The summed E-state index contributed by atoms with van der Waals surface area (Å²) in [5, 5.41) is 3.90. The third-order valence-electron chi connectivity index (χ3n) is 5.30. The molecule has 2 aliphatic carbocycles. The smallest absolute Gasteiger partial charge is 0.0308 e. The first-order valence-corrected chi connectivity index (χ1v) is 7.77. The van der Waals surface area contributed by atoms with Gasteiger partial charge in [0.05, 0.1) is 0 Å². The van der Waals surface area contributed by atoms with Crippen molar-refractivity contribution in [2.75, 3.05) is 19.6 Å². The van der Waals surface area contributed by atoms with Crippen molar-refractivity contribution in [1.82, 2.24) is 10.2 Å². The summed E-state index contributed by atoms with van der Waals surface area (Å²) in [7, 11) is 0. The lowest BCUT2D eigenvalue weighted by molar-refractivity contribution is 0.0585. The minimum atomic E-state index is 0.494. The van der Waals surface area contributed by atoms with Gasteiger partial charge in [0.15, 0.2) is 0 Å². The van der Waals surface area contributed by atoms with Gasteiger partial charge in [0.25, 0.3) is 0 Å². The molecule has 1 spiro atoms. The molecule has 0 atom stereocenters. The average molecular weight is 236 g/mol. The topological polar surface area (TPSA) is 15.3 Å². The largest absolute Gasteiger partial charge is 0.310 e. The van der Waals surface area contributed by atoms with Crippen molar-refractivity contribution >= 4 is 0 Å². The van der Waals surface area contributed by atoms with Gasteiger partial charge in [-0.3, -0.25) is 4.90 Å². The van der Waals surface area contributed by atoms with E-state index in [4.69, 9.17) is 0 Å². The Hall–Kier alpha value is -0.0800. The van der Waals surface area contributed by atoms with Gasteiger partial charge in [0.2, 0.25) is 0 Å². The number of hydrogen-bond acceptors (Lipinski definition) is 2. The Kier molecular flexibility index (Phi) is 3.45. The Morgan fingerprint density at radius 1 is 1.06 bits per heavy atom. The molecule has 0 amide bonds. The van der Waals surface area contributed by atoms with E-state index in [1.54, 1.807) is 0 Å². The van der Waals surface area contributed by atoms with Crippen LogP contribution in [0, 0.1) is 5.92 Å². The van der Waals surface area contributed by atoms with Crippen molar-refractivity contribution in [3.63, 3.8) is 0 Å². The quantitative estimate of drug-likeness (QED) is 0.753. The highest BCUT2D eigenvalue weighted by atomic mass is 15.2. The lowest BCUT2D eigenvalue weighted by Crippen LogP contribution is -2.56. The molecule has 0 radical (unpaired) electrons. The van der Waals surface area contributed by atoms with Crippen LogP contribution in [0.5, 0.6) is 0 Å². The van der Waals surface area contributed by atoms with E-state index in [9.17, 15) is 0 Å². The molecule has 1 aliphatic heterocycles. The van der Waals surface area contributed by atoms with Gasteiger partial charge in [-0.05, 0) is 51.1 Å². The molecule has 1 heterocycles. The van der Waals surface area contributed by atoms with E-state index < -0.39 is 0 Å². The van der Waals surface area contributed by atoms with E-state index in [1.807, 2.05) is 0 Å². The number of nitrogens with zero attached hydrogens (tertiary/aromatic N) is 1. The first-order valence-electron chi connectivity index (χ1n) is 7.77. The molecule has 2 saturated carbocycles. The van der Waals surface area contributed by atoms with Gasteiger partial charge >= 0.3 is 0 Å². The monoisotopic (exact) mass is 236 g/mol. The summed E-state index contributed by atoms with van der Waals surface area (Å²) in [5.41, 5.74) is 0.494. The molecule has 2 heteroatoms. The minimum absolute atomic E-state index is 0.494. The van der Waals surface area contributed by atoms with E-state index in [0.717, 1.165) is 12.0 Å². The standard InChI is InChI=1S/C15H28N2/c1-13-10-14(11-13)17-9-5-8-16-15(12-17)6-3-2-4-7-15/h13-14,16H,2-12H2,1H3. The SMILES string of the molecule is CC1CC(N2CCCNC3(CCCCC3)C2)C1. The van der Waals surface area contributed by atoms with Crippen LogP contribution >= 0.6 is 0 Å². The third-order valence-corrected chi connectivity index (χ3v) is 5.30. The molecule has 0 aromatic heterocycles. The summed E-state index contributed by atoms with van der Waals surface area (Å²) in [6.07, 6.45) is 11.5. The summed E-state index contributed by atoms with van der Waals surface area (Å²) in [6, 6.07) is 0.920. The Morgan fingerprint density at radius 2 is 1.82 bits per heavy atom. The van der Waals surface area contributed by atoms with E-state index >= 15 is 0 Å². The van der Waals surface area contributed by atoms with Gasteiger partial charge in [-0.1, -0.05) is 26.2 Å². The van der Waals surface area contributed by atoms with E-state index in [2.05, 4.69) is 17.1 Å². The Balaban J connectivity index is 1.64. The lowest BCUT2D eigenvalue weighted by Gasteiger charge is -2.46. The molecule has 98 valence electrons. The molecule has 17 heavy (non-hydrogen) atoms. The van der Waals surface area contributed by atoms with Crippen molar-refractivity contribution < 1.29 is 0 Å². The van der Waals surface area contributed by atoms with Gasteiger partial charge in [0.1, 0.15) is 0 Å². The molecule has 3 rings (SSSR count). The fraction of sp³-hybridized carbons (Fsp3) is 1.00. The zero-order valence-corrected chi connectivity index (χ0v) is 11.4. The van der Waals surface area contributed by atoms with Crippen LogP contribution in [-0.2, 0) is 0 Å². The molecule has 0 bridgehead atoms. The third kappa shape index (κ3) is 2.53. The maximum atomic E-state index is 3.90. The van der Waals surface area contributed by atoms with Crippen LogP contribution in [0.4, 0.5) is 0 Å². The first kappa shape index (κ1) is 12.0. The Bertz CT molecular complexity index is 252. The second kappa shape index (κ2) is 4.89. The van der Waals surface area contributed by atoms with Crippen molar-refractivity contribution in [3.05, 3.63) is 0 Å². The number of rotatable bonds is 1. The average Bonchev–Trinajstić information content (AvgIpc) is 2.49. The van der Waals surface area contributed by atoms with Crippen molar-refractivity contribution in [1.29, 1.82) is 0 Å². The highest BCUT2D eigenvalue weighted by molar-refractivity contribution is 4.98. The summed E-state index contributed by atoms with van der Waals surface area (Å²) in [4.78, 5) is 2.82. The Labute approximate surface area is 106 Å². The van der Waals surface area contributed by atoms with Crippen LogP contribution in [0.1, 0.15) is 58.3 Å². The molecule has 0 aromatic carbocycles. The van der Waals surface area contributed by atoms with Crippen LogP contribution in [0.25, 0.3) is 0 Å². The summed E-state index contributed by atoms with van der Waals surface area (Å²) in [5.74, 6) is 0.985. The molecular weight excluding hydrogens is 208 g/mol. The molecule has 3 aliphatic rings. The normalized spacial score (nSPS) is 38.6. The molecule has 1 saturated heterocycles. The van der Waals surface area contributed by atoms with Gasteiger partial charge in [-0.25, -0.2) is 0 Å². The van der Waals surface area contributed by atoms with E-state index in [-0.39, 0.29) is 0 Å². The highest BCUT2D eigenvalue weighted by Gasteiger charge is 2.39. The lowest BCUT2D eigenvalue weighted by atomic mass is 9.78. The molecule has 2 nitrogen and oxygen atoms in total. The van der Waals surface area contributed by atoms with Gasteiger partial charge in [-0.2, -0.15) is 0 Å². The van der Waals surface area contributed by atoms with Gasteiger partial charge < -0.3 is 5.32 Å². The molecule has 0 aromatic rings. The van der Waals surface area contributed by atoms with Crippen molar-refractivity contribution in [3.8, 4) is 0 Å². The van der Waals surface area contributed by atoms with E-state index in [0.29, 0.717) is 5.54 Å². The van der Waals surface area contributed by atoms with Gasteiger partial charge in [0, 0.05) is 18.1 Å². The van der Waals surface area contributed by atoms with Crippen molar-refractivity contribution in [2.45, 2.75) is 69.9 Å². The summed E-state index contributed by atoms with van der Waals surface area (Å²) < 4.78 is 0. The molecule has 3 fully saturated rings. The van der Waals surface area contributed by atoms with Crippen LogP contribution in [0.15, 0.2) is 0 Å². The van der Waals surface area contributed by atoms with Crippen LogP contribution in [-0.4, -0.2) is 36.1 Å². The predicted molar refractivity (Wildman–Crippen MR) is 72.2 cm³/mol. The Morgan fingerprint density at radius 3 is 2.53 bits per heavy atom. The van der Waals surface area contributed by atoms with Crippen LogP contribution < -0.4 is 5.32 Å². The number of nitrogens with one attached hydrogen (secondary N) is 1. The first-order chi connectivity index (χ1) is 8.27. The van der Waals surface area contributed by atoms with Crippen LogP contribution in [0.2, 0.25) is 0 Å². The van der Waals surface area contributed by atoms with Crippen molar-refractivity contribution in [2.24, 2.45) is 5.92 Å². The van der Waals surface area contributed by atoms with E-state index in [1.165, 1.54) is 71.0 Å². The summed E-state index contributed by atoms with van der Waals surface area (Å²) >= 11 is 0. The second-order valence-corrected chi connectivity index (χ2v) is 6.82. The maximum absolute atomic E-state index is 3.90. The maximum Gasteiger partial charge on any atom is 0.0308 e. The fourth-order valence-electron chi connectivity index (χ4n) is 4.19. The number of hydrogen-bond donors (Lipinski definition) is 1. The zero-order valence-electron chi connectivity index (χ0n) is 11.4. The fourth-order valence-corrected chi connectivity index (χ4v) is 4.19. The molecular formula is C15H28N2. The minimum Gasteiger partial charge on any atom is -0.310 e. The molecule has 1 N–H and O–H groups in total. The highest BCUT2D eigenvalue weighted by Crippen LogP contribution is 2.36. The summed E-state index contributed by atoms with van der Waals surface area (Å²) in [6.45, 7) is 6.33. The predicted octanol–water partition coefficient (Wildman–Crippen LogP) is 2.78. The van der Waals surface area contributed by atoms with Crippen LogP contribution in [0.3, 0.4) is 0 Å². The second-order valence-electron chi connectivity index (χ2n) is 6.82.